The lowest BCUT2D eigenvalue weighted by Crippen LogP contribution is -2.37. The molecule has 6 nitrogen and oxygen atoms in total. The van der Waals surface area contributed by atoms with Gasteiger partial charge < -0.3 is 20.7 Å². The predicted octanol–water partition coefficient (Wildman–Crippen LogP) is 1.91. The monoisotopic (exact) mass is 334 g/mol. The molecule has 1 aromatic rings. The second-order valence-corrected chi connectivity index (χ2v) is 5.92. The molecule has 0 heterocycles. The maximum absolute atomic E-state index is 11.4. The molecule has 1 aromatic carbocycles. The summed E-state index contributed by atoms with van der Waals surface area (Å²) in [6, 6.07) is 7.69. The van der Waals surface area contributed by atoms with Crippen molar-refractivity contribution in [3.05, 3.63) is 29.8 Å². The molecule has 0 fully saturated rings. The highest BCUT2D eigenvalue weighted by atomic mass is 16.5. The van der Waals surface area contributed by atoms with Crippen molar-refractivity contribution in [1.29, 1.82) is 0 Å². The van der Waals surface area contributed by atoms with E-state index in [-0.39, 0.29) is 12.5 Å². The van der Waals surface area contributed by atoms with Gasteiger partial charge in [0.25, 0.3) is 5.91 Å². The van der Waals surface area contributed by atoms with E-state index in [1.165, 1.54) is 0 Å². The van der Waals surface area contributed by atoms with Crippen LogP contribution in [0.4, 0.5) is 0 Å². The first kappa shape index (κ1) is 19.8. The molecule has 0 aliphatic heterocycles. The molecule has 0 aliphatic carbocycles. The van der Waals surface area contributed by atoms with Crippen LogP contribution in [-0.2, 0) is 11.3 Å². The Kier molecular flexibility index (Phi) is 9.34. The summed E-state index contributed by atoms with van der Waals surface area (Å²) < 4.78 is 5.50. The topological polar surface area (TPSA) is 74.8 Å². The van der Waals surface area contributed by atoms with Gasteiger partial charge in [-0.05, 0) is 37.0 Å². The summed E-state index contributed by atoms with van der Waals surface area (Å²) in [5, 5.41) is 9.28. The minimum absolute atomic E-state index is 0.0309. The van der Waals surface area contributed by atoms with Gasteiger partial charge in [-0.3, -0.25) is 9.79 Å². The molecular formula is C18H30N4O2. The fourth-order valence-corrected chi connectivity index (χ4v) is 2.03. The van der Waals surface area contributed by atoms with Crippen LogP contribution in [0, 0.1) is 5.92 Å². The van der Waals surface area contributed by atoms with Crippen molar-refractivity contribution in [2.24, 2.45) is 10.9 Å². The van der Waals surface area contributed by atoms with Crippen LogP contribution < -0.4 is 20.7 Å². The van der Waals surface area contributed by atoms with Crippen LogP contribution in [-0.4, -0.2) is 38.6 Å². The lowest BCUT2D eigenvalue weighted by molar-refractivity contribution is -0.122. The van der Waals surface area contributed by atoms with Gasteiger partial charge in [0.15, 0.2) is 12.6 Å². The Hall–Kier alpha value is -2.24. The summed E-state index contributed by atoms with van der Waals surface area (Å²) in [5.74, 6) is 2.01. The summed E-state index contributed by atoms with van der Waals surface area (Å²) >= 11 is 0. The summed E-state index contributed by atoms with van der Waals surface area (Å²) in [6.45, 7) is 8.45. The van der Waals surface area contributed by atoms with E-state index in [0.29, 0.717) is 24.8 Å². The van der Waals surface area contributed by atoms with Crippen LogP contribution in [0.2, 0.25) is 0 Å². The van der Waals surface area contributed by atoms with Gasteiger partial charge in [-0.2, -0.15) is 0 Å². The zero-order valence-corrected chi connectivity index (χ0v) is 15.2. The Morgan fingerprint density at radius 2 is 2.04 bits per heavy atom. The third kappa shape index (κ3) is 8.41. The average Bonchev–Trinajstić information content (AvgIpc) is 2.56. The molecule has 0 atom stereocenters. The number of hydrogen-bond donors (Lipinski definition) is 3. The molecule has 0 aromatic heterocycles. The summed E-state index contributed by atoms with van der Waals surface area (Å²) in [6.07, 6.45) is 1.10. The van der Waals surface area contributed by atoms with Crippen LogP contribution in [0.15, 0.2) is 29.3 Å². The fraction of sp³-hybridized carbons (Fsp3) is 0.556. The molecule has 1 amide bonds. The van der Waals surface area contributed by atoms with Crippen molar-refractivity contribution >= 4 is 11.9 Å². The Morgan fingerprint density at radius 3 is 2.71 bits per heavy atom. The number of amides is 1. The predicted molar refractivity (Wildman–Crippen MR) is 98.3 cm³/mol. The number of rotatable bonds is 9. The zero-order chi connectivity index (χ0) is 17.8. The van der Waals surface area contributed by atoms with Crippen LogP contribution in [0.3, 0.4) is 0 Å². The van der Waals surface area contributed by atoms with Gasteiger partial charge in [-0.15, -0.1) is 0 Å². The molecule has 0 unspecified atom stereocenters. The number of likely N-dealkylation sites (N-methyl/N-ethyl adjacent to an activating group) is 1. The van der Waals surface area contributed by atoms with Gasteiger partial charge in [0.2, 0.25) is 0 Å². The maximum atomic E-state index is 11.4. The third-order valence-corrected chi connectivity index (χ3v) is 3.34. The minimum atomic E-state index is -0.115. The van der Waals surface area contributed by atoms with Crippen molar-refractivity contribution in [3.8, 4) is 5.75 Å². The van der Waals surface area contributed by atoms with E-state index in [9.17, 15) is 4.79 Å². The molecule has 134 valence electrons. The number of ether oxygens (including phenoxy) is 1. The maximum Gasteiger partial charge on any atom is 0.257 e. The standard InChI is InChI=1S/C18H30N4O2/c1-5-20-17(23)13-24-16-8-6-7-15(11-16)12-22-18(19-4)21-10-9-14(2)3/h6-8,11,14H,5,9-10,12-13H2,1-4H3,(H,20,23)(H2,19,21,22). The van der Waals surface area contributed by atoms with E-state index in [1.807, 2.05) is 31.2 Å². The lowest BCUT2D eigenvalue weighted by atomic mass is 10.1. The molecule has 0 radical (unpaired) electrons. The number of benzene rings is 1. The van der Waals surface area contributed by atoms with Crippen LogP contribution >= 0.6 is 0 Å². The highest BCUT2D eigenvalue weighted by Crippen LogP contribution is 2.13. The number of carbonyl (C=O) groups excluding carboxylic acids is 1. The molecular weight excluding hydrogens is 304 g/mol. The molecule has 0 saturated heterocycles. The van der Waals surface area contributed by atoms with Crippen molar-refractivity contribution in [2.75, 3.05) is 26.7 Å². The number of nitrogens with one attached hydrogen (secondary N) is 3. The molecule has 3 N–H and O–H groups in total. The Labute approximate surface area is 145 Å². The molecule has 0 bridgehead atoms. The second kappa shape index (κ2) is 11.3. The van der Waals surface area contributed by atoms with Gasteiger partial charge in [-0.25, -0.2) is 0 Å². The van der Waals surface area contributed by atoms with Crippen molar-refractivity contribution in [1.82, 2.24) is 16.0 Å². The van der Waals surface area contributed by atoms with E-state index >= 15 is 0 Å². The molecule has 24 heavy (non-hydrogen) atoms. The highest BCUT2D eigenvalue weighted by Gasteiger charge is 2.03. The average molecular weight is 334 g/mol. The second-order valence-electron chi connectivity index (χ2n) is 5.92. The fourth-order valence-electron chi connectivity index (χ4n) is 2.03. The summed E-state index contributed by atoms with van der Waals surface area (Å²) in [5.41, 5.74) is 1.07. The Bertz CT molecular complexity index is 530. The van der Waals surface area contributed by atoms with Gasteiger partial charge in [0.05, 0.1) is 0 Å². The third-order valence-electron chi connectivity index (χ3n) is 3.34. The van der Waals surface area contributed by atoms with E-state index in [2.05, 4.69) is 34.8 Å². The first-order chi connectivity index (χ1) is 11.5. The van der Waals surface area contributed by atoms with E-state index in [1.54, 1.807) is 7.05 Å². The lowest BCUT2D eigenvalue weighted by Gasteiger charge is -2.13. The van der Waals surface area contributed by atoms with Gasteiger partial charge in [0, 0.05) is 26.7 Å². The first-order valence-corrected chi connectivity index (χ1v) is 8.48. The normalized spacial score (nSPS) is 11.3. The van der Waals surface area contributed by atoms with Crippen molar-refractivity contribution in [2.45, 2.75) is 33.7 Å². The molecule has 1 rings (SSSR count). The number of aliphatic imine (C=N–C) groups is 1. The largest absolute Gasteiger partial charge is 0.484 e. The van der Waals surface area contributed by atoms with Crippen molar-refractivity contribution < 1.29 is 9.53 Å². The number of hydrogen-bond acceptors (Lipinski definition) is 3. The molecule has 0 spiro atoms. The van der Waals surface area contributed by atoms with Crippen LogP contribution in [0.25, 0.3) is 0 Å². The number of carbonyl (C=O) groups is 1. The van der Waals surface area contributed by atoms with Gasteiger partial charge >= 0.3 is 0 Å². The highest BCUT2D eigenvalue weighted by molar-refractivity contribution is 5.79. The SMILES string of the molecule is CCNC(=O)COc1cccc(CNC(=NC)NCCC(C)C)c1. The van der Waals surface area contributed by atoms with Crippen molar-refractivity contribution in [3.63, 3.8) is 0 Å². The molecule has 0 saturated carbocycles. The number of guanidine groups is 1. The van der Waals surface area contributed by atoms with Crippen LogP contribution in [0.1, 0.15) is 32.8 Å². The number of nitrogens with zero attached hydrogens (tertiary/aromatic N) is 1. The summed E-state index contributed by atoms with van der Waals surface area (Å²) in [7, 11) is 1.76. The van der Waals surface area contributed by atoms with E-state index < -0.39 is 0 Å². The summed E-state index contributed by atoms with van der Waals surface area (Å²) in [4.78, 5) is 15.6. The minimum Gasteiger partial charge on any atom is -0.484 e. The smallest absolute Gasteiger partial charge is 0.257 e. The van der Waals surface area contributed by atoms with E-state index in [0.717, 1.165) is 24.5 Å². The zero-order valence-electron chi connectivity index (χ0n) is 15.2. The molecule has 6 heteroatoms. The quantitative estimate of drug-likeness (QED) is 0.476. The van der Waals surface area contributed by atoms with Gasteiger partial charge in [-0.1, -0.05) is 26.0 Å². The van der Waals surface area contributed by atoms with Gasteiger partial charge in [0.1, 0.15) is 5.75 Å². The Morgan fingerprint density at radius 1 is 1.25 bits per heavy atom. The Balaban J connectivity index is 2.44. The molecule has 0 aliphatic rings. The first-order valence-electron chi connectivity index (χ1n) is 8.48. The van der Waals surface area contributed by atoms with Crippen LogP contribution in [0.5, 0.6) is 5.75 Å². The van der Waals surface area contributed by atoms with E-state index in [4.69, 9.17) is 4.74 Å².